The molecule has 8 heteroatoms. The van der Waals surface area contributed by atoms with Crippen molar-refractivity contribution >= 4 is 39.9 Å². The molecule has 0 N–H and O–H groups in total. The Morgan fingerprint density at radius 3 is 2.45 bits per heavy atom. The summed E-state index contributed by atoms with van der Waals surface area (Å²) in [4.78, 5) is 11.7. The standard InChI is InChI=1S/C12H6Cl2N4O2/c13-10-9(18(19)20)6-8-12(11(10)14)16-17(15-8)7-4-2-1-3-5-7/h1-6H. The number of para-hydroxylation sites is 1. The van der Waals surface area contributed by atoms with Crippen LogP contribution in [0.4, 0.5) is 5.69 Å². The van der Waals surface area contributed by atoms with E-state index < -0.39 is 4.92 Å². The van der Waals surface area contributed by atoms with Gasteiger partial charge >= 0.3 is 0 Å². The lowest BCUT2D eigenvalue weighted by atomic mass is 10.3. The number of hydrogen-bond acceptors (Lipinski definition) is 4. The lowest BCUT2D eigenvalue weighted by molar-refractivity contribution is -0.384. The second kappa shape index (κ2) is 4.73. The second-order valence-corrected chi connectivity index (χ2v) is 4.73. The van der Waals surface area contributed by atoms with Crippen LogP contribution in [0.2, 0.25) is 10.0 Å². The summed E-state index contributed by atoms with van der Waals surface area (Å²) in [6.45, 7) is 0. The summed E-state index contributed by atoms with van der Waals surface area (Å²) >= 11 is 11.9. The maximum Gasteiger partial charge on any atom is 0.291 e. The van der Waals surface area contributed by atoms with E-state index in [4.69, 9.17) is 23.2 Å². The van der Waals surface area contributed by atoms with Gasteiger partial charge in [0.15, 0.2) is 0 Å². The van der Waals surface area contributed by atoms with Gasteiger partial charge in [0.25, 0.3) is 5.69 Å². The molecule has 100 valence electrons. The fraction of sp³-hybridized carbons (Fsp3) is 0. The molecule has 3 rings (SSSR count). The van der Waals surface area contributed by atoms with E-state index in [9.17, 15) is 10.1 Å². The van der Waals surface area contributed by atoms with Crippen LogP contribution in [-0.4, -0.2) is 19.9 Å². The third kappa shape index (κ3) is 1.99. The normalized spacial score (nSPS) is 10.9. The molecule has 0 saturated carbocycles. The van der Waals surface area contributed by atoms with E-state index in [2.05, 4.69) is 10.2 Å². The zero-order valence-electron chi connectivity index (χ0n) is 9.83. The van der Waals surface area contributed by atoms with Crippen LogP contribution in [0, 0.1) is 10.1 Å². The zero-order chi connectivity index (χ0) is 14.3. The van der Waals surface area contributed by atoms with Crippen molar-refractivity contribution in [3.8, 4) is 5.69 Å². The Bertz CT molecular complexity index is 817. The molecule has 0 aliphatic carbocycles. The van der Waals surface area contributed by atoms with E-state index in [1.807, 2.05) is 30.3 Å². The molecule has 6 nitrogen and oxygen atoms in total. The highest BCUT2D eigenvalue weighted by molar-refractivity contribution is 6.46. The molecule has 0 fully saturated rings. The smallest absolute Gasteiger partial charge is 0.258 e. The van der Waals surface area contributed by atoms with Crippen LogP contribution in [0.15, 0.2) is 36.4 Å². The number of aromatic nitrogens is 3. The number of halogens is 2. The minimum atomic E-state index is -0.602. The first-order valence-electron chi connectivity index (χ1n) is 5.53. The average Bonchev–Trinajstić information content (AvgIpc) is 2.88. The lowest BCUT2D eigenvalue weighted by Crippen LogP contribution is -1.97. The fourth-order valence-electron chi connectivity index (χ4n) is 1.79. The highest BCUT2D eigenvalue weighted by atomic mass is 35.5. The number of nitro groups is 1. The van der Waals surface area contributed by atoms with Crippen LogP contribution in [0.5, 0.6) is 0 Å². The van der Waals surface area contributed by atoms with E-state index >= 15 is 0 Å². The number of hydrogen-bond donors (Lipinski definition) is 0. The molecule has 0 radical (unpaired) electrons. The molecule has 0 spiro atoms. The number of rotatable bonds is 2. The Morgan fingerprint density at radius 2 is 1.80 bits per heavy atom. The van der Waals surface area contributed by atoms with Crippen molar-refractivity contribution in [2.24, 2.45) is 0 Å². The van der Waals surface area contributed by atoms with E-state index in [0.717, 1.165) is 5.69 Å². The summed E-state index contributed by atoms with van der Waals surface area (Å²) in [7, 11) is 0. The van der Waals surface area contributed by atoms with E-state index in [1.165, 1.54) is 10.9 Å². The molecule has 0 aliphatic heterocycles. The highest BCUT2D eigenvalue weighted by Crippen LogP contribution is 2.36. The zero-order valence-corrected chi connectivity index (χ0v) is 11.3. The first kappa shape index (κ1) is 12.8. The summed E-state index contributed by atoms with van der Waals surface area (Å²) in [5.41, 5.74) is 1.07. The molecule has 20 heavy (non-hydrogen) atoms. The van der Waals surface area contributed by atoms with E-state index in [0.29, 0.717) is 11.0 Å². The topological polar surface area (TPSA) is 73.8 Å². The Morgan fingerprint density at radius 1 is 1.10 bits per heavy atom. The Hall–Kier alpha value is -2.18. The van der Waals surface area contributed by atoms with Crippen LogP contribution in [-0.2, 0) is 0 Å². The van der Waals surface area contributed by atoms with Gasteiger partial charge in [0.05, 0.1) is 15.6 Å². The quantitative estimate of drug-likeness (QED) is 0.535. The number of nitrogens with zero attached hydrogens (tertiary/aromatic N) is 4. The predicted octanol–water partition coefficient (Wildman–Crippen LogP) is 3.64. The Labute approximate surface area is 122 Å². The SMILES string of the molecule is O=[N+]([O-])c1cc2nn(-c3ccccc3)nc2c(Cl)c1Cl. The van der Waals surface area contributed by atoms with Crippen LogP contribution in [0.25, 0.3) is 16.7 Å². The minimum Gasteiger partial charge on any atom is -0.258 e. The summed E-state index contributed by atoms with van der Waals surface area (Å²) < 4.78 is 0. The van der Waals surface area contributed by atoms with Crippen molar-refractivity contribution in [3.05, 3.63) is 56.6 Å². The fourth-order valence-corrected chi connectivity index (χ4v) is 2.23. The maximum absolute atomic E-state index is 10.9. The van der Waals surface area contributed by atoms with Gasteiger partial charge in [-0.2, -0.15) is 4.80 Å². The molecular weight excluding hydrogens is 303 g/mol. The van der Waals surface area contributed by atoms with Crippen molar-refractivity contribution in [2.75, 3.05) is 0 Å². The molecular formula is C12H6Cl2N4O2. The van der Waals surface area contributed by atoms with Gasteiger partial charge in [-0.05, 0) is 12.1 Å². The molecule has 1 heterocycles. The molecule has 0 aliphatic rings. The van der Waals surface area contributed by atoms with E-state index in [-0.39, 0.29) is 15.7 Å². The molecule has 0 saturated heterocycles. The van der Waals surface area contributed by atoms with Crippen molar-refractivity contribution in [2.45, 2.75) is 0 Å². The van der Waals surface area contributed by atoms with Gasteiger partial charge in [-0.3, -0.25) is 10.1 Å². The molecule has 0 unspecified atom stereocenters. The van der Waals surface area contributed by atoms with Crippen LogP contribution < -0.4 is 0 Å². The van der Waals surface area contributed by atoms with Crippen molar-refractivity contribution in [1.29, 1.82) is 0 Å². The molecule has 1 aromatic heterocycles. The van der Waals surface area contributed by atoms with Crippen molar-refractivity contribution in [3.63, 3.8) is 0 Å². The van der Waals surface area contributed by atoms with Gasteiger partial charge in [-0.1, -0.05) is 41.4 Å². The third-order valence-electron chi connectivity index (χ3n) is 2.72. The van der Waals surface area contributed by atoms with Crippen LogP contribution >= 0.6 is 23.2 Å². The monoisotopic (exact) mass is 308 g/mol. The molecule has 3 aromatic rings. The third-order valence-corrected chi connectivity index (χ3v) is 3.57. The number of nitro benzene ring substituents is 1. The molecule has 2 aromatic carbocycles. The molecule has 0 amide bonds. The summed E-state index contributed by atoms with van der Waals surface area (Å²) in [5, 5.41) is 19.2. The van der Waals surface area contributed by atoms with Gasteiger partial charge < -0.3 is 0 Å². The van der Waals surface area contributed by atoms with Gasteiger partial charge in [-0.15, -0.1) is 10.2 Å². The first-order chi connectivity index (χ1) is 9.58. The highest BCUT2D eigenvalue weighted by Gasteiger charge is 2.21. The Kier molecular flexibility index (Phi) is 3.04. The van der Waals surface area contributed by atoms with Gasteiger partial charge in [0.2, 0.25) is 0 Å². The minimum absolute atomic E-state index is 0.0260. The number of benzene rings is 2. The lowest BCUT2D eigenvalue weighted by Gasteiger charge is -1.97. The summed E-state index contributed by atoms with van der Waals surface area (Å²) in [5.74, 6) is 0. The van der Waals surface area contributed by atoms with Crippen LogP contribution in [0.1, 0.15) is 0 Å². The molecule has 0 bridgehead atoms. The summed E-state index contributed by atoms with van der Waals surface area (Å²) in [6, 6.07) is 10.4. The van der Waals surface area contributed by atoms with E-state index in [1.54, 1.807) is 0 Å². The predicted molar refractivity (Wildman–Crippen MR) is 75.5 cm³/mol. The first-order valence-corrected chi connectivity index (χ1v) is 6.28. The molecule has 0 atom stereocenters. The van der Waals surface area contributed by atoms with Crippen molar-refractivity contribution < 1.29 is 4.92 Å². The van der Waals surface area contributed by atoms with Crippen molar-refractivity contribution in [1.82, 2.24) is 15.0 Å². The maximum atomic E-state index is 10.9. The summed E-state index contributed by atoms with van der Waals surface area (Å²) in [6.07, 6.45) is 0. The largest absolute Gasteiger partial charge is 0.291 e. The second-order valence-electron chi connectivity index (χ2n) is 3.97. The Balaban J connectivity index is 2.26. The van der Waals surface area contributed by atoms with Gasteiger partial charge in [-0.25, -0.2) is 0 Å². The average molecular weight is 309 g/mol. The number of fused-ring (bicyclic) bond motifs is 1. The van der Waals surface area contributed by atoms with Crippen LogP contribution in [0.3, 0.4) is 0 Å². The van der Waals surface area contributed by atoms with Gasteiger partial charge in [0.1, 0.15) is 16.1 Å². The van der Waals surface area contributed by atoms with Gasteiger partial charge in [0, 0.05) is 6.07 Å².